The van der Waals surface area contributed by atoms with E-state index < -0.39 is 0 Å². The fourth-order valence-electron chi connectivity index (χ4n) is 4.62. The first-order chi connectivity index (χ1) is 16.1. The van der Waals surface area contributed by atoms with Gasteiger partial charge >= 0.3 is 0 Å². The van der Waals surface area contributed by atoms with Crippen molar-refractivity contribution in [3.63, 3.8) is 0 Å². The number of amides is 1. The highest BCUT2D eigenvalue weighted by atomic mass is 16.5. The maximum atomic E-state index is 13.3. The number of carbonyl (C=O) groups excluding carboxylic acids is 1. The average molecular weight is 437 g/mol. The van der Waals surface area contributed by atoms with Crippen LogP contribution in [-0.4, -0.2) is 31.7 Å². The van der Waals surface area contributed by atoms with Crippen molar-refractivity contribution in [2.75, 3.05) is 6.54 Å². The molecule has 0 saturated carbocycles. The molecule has 0 aliphatic carbocycles. The largest absolute Gasteiger partial charge is 0.487 e. The van der Waals surface area contributed by atoms with Crippen LogP contribution >= 0.6 is 0 Å². The first-order valence-corrected chi connectivity index (χ1v) is 11.2. The van der Waals surface area contributed by atoms with E-state index in [-0.39, 0.29) is 5.91 Å². The summed E-state index contributed by atoms with van der Waals surface area (Å²) in [6, 6.07) is 19.8. The van der Waals surface area contributed by atoms with Crippen LogP contribution < -0.4 is 4.74 Å². The number of aromatic amines is 1. The highest BCUT2D eigenvalue weighted by Crippen LogP contribution is 2.29. The van der Waals surface area contributed by atoms with E-state index in [4.69, 9.17) is 4.74 Å². The molecule has 1 aliphatic rings. The summed E-state index contributed by atoms with van der Waals surface area (Å²) < 4.78 is 7.93. The summed E-state index contributed by atoms with van der Waals surface area (Å²) in [5.41, 5.74) is 7.21. The van der Waals surface area contributed by atoms with Crippen LogP contribution in [0.1, 0.15) is 32.9 Å². The van der Waals surface area contributed by atoms with Gasteiger partial charge < -0.3 is 19.0 Å². The van der Waals surface area contributed by atoms with Crippen LogP contribution in [0.3, 0.4) is 0 Å². The molecular formula is C27H24N4O2. The highest BCUT2D eigenvalue weighted by molar-refractivity contribution is 5.95. The predicted molar refractivity (Wildman–Crippen MR) is 127 cm³/mol. The molecule has 2 aromatic carbocycles. The Morgan fingerprint density at radius 3 is 2.97 bits per heavy atom. The Bertz CT molecular complexity index is 1460. The number of H-pyrrole nitrogens is 1. The summed E-state index contributed by atoms with van der Waals surface area (Å²) in [6.45, 7) is 3.76. The second-order valence-electron chi connectivity index (χ2n) is 8.62. The van der Waals surface area contributed by atoms with Gasteiger partial charge in [-0.1, -0.05) is 23.8 Å². The fourth-order valence-corrected chi connectivity index (χ4v) is 4.62. The molecule has 0 radical (unpaired) electrons. The Balaban J connectivity index is 1.19. The number of aromatic nitrogens is 3. The van der Waals surface area contributed by atoms with E-state index in [1.165, 1.54) is 22.2 Å². The maximum Gasteiger partial charge on any atom is 0.254 e. The monoisotopic (exact) mass is 436 g/mol. The van der Waals surface area contributed by atoms with Crippen LogP contribution in [0, 0.1) is 6.92 Å². The van der Waals surface area contributed by atoms with Gasteiger partial charge in [-0.25, -0.2) is 4.98 Å². The Kier molecular flexibility index (Phi) is 4.64. The first kappa shape index (κ1) is 19.6. The molecule has 0 saturated heterocycles. The number of rotatable bonds is 4. The number of hydrogen-bond acceptors (Lipinski definition) is 3. The van der Waals surface area contributed by atoms with Gasteiger partial charge in [-0.15, -0.1) is 0 Å². The molecule has 1 N–H and O–H groups in total. The van der Waals surface area contributed by atoms with E-state index in [2.05, 4.69) is 35.1 Å². The van der Waals surface area contributed by atoms with Crippen molar-refractivity contribution >= 4 is 22.5 Å². The number of nitrogens with zero attached hydrogens (tertiary/aromatic N) is 3. The first-order valence-electron chi connectivity index (χ1n) is 11.2. The zero-order valence-corrected chi connectivity index (χ0v) is 18.4. The molecule has 1 amide bonds. The van der Waals surface area contributed by atoms with Crippen molar-refractivity contribution in [2.45, 2.75) is 26.5 Å². The standard InChI is InChI=1S/C27H24N4O2/c1-18-8-9-24-22(13-18)23-16-31(12-10-25(23)29-24)27(32)19-5-4-6-21(14-19)33-17-20-15-30-11-3-2-7-26(30)28-20/h2-9,11,13-15,29H,10,12,16-17H2,1H3. The Morgan fingerprint density at radius 1 is 1.12 bits per heavy atom. The Morgan fingerprint density at radius 2 is 2.06 bits per heavy atom. The van der Waals surface area contributed by atoms with Gasteiger partial charge in [0.1, 0.15) is 18.0 Å². The molecule has 0 unspecified atom stereocenters. The van der Waals surface area contributed by atoms with E-state index in [0.29, 0.717) is 31.0 Å². The van der Waals surface area contributed by atoms with Crippen molar-refractivity contribution in [3.8, 4) is 5.75 Å². The summed E-state index contributed by atoms with van der Waals surface area (Å²) in [6.07, 6.45) is 4.75. The van der Waals surface area contributed by atoms with E-state index in [9.17, 15) is 4.79 Å². The molecule has 6 rings (SSSR count). The number of benzene rings is 2. The van der Waals surface area contributed by atoms with Gasteiger partial charge in [0.15, 0.2) is 0 Å². The molecule has 0 fully saturated rings. The smallest absolute Gasteiger partial charge is 0.254 e. The lowest BCUT2D eigenvalue weighted by Gasteiger charge is -2.27. The molecule has 4 heterocycles. The van der Waals surface area contributed by atoms with Crippen molar-refractivity contribution in [1.29, 1.82) is 0 Å². The van der Waals surface area contributed by atoms with Gasteiger partial charge in [0.05, 0.1) is 5.69 Å². The third kappa shape index (κ3) is 3.63. The number of aryl methyl sites for hydroxylation is 1. The van der Waals surface area contributed by atoms with Crippen LogP contribution in [0.5, 0.6) is 5.75 Å². The summed E-state index contributed by atoms with van der Waals surface area (Å²) in [5.74, 6) is 0.694. The van der Waals surface area contributed by atoms with Gasteiger partial charge in [0.2, 0.25) is 0 Å². The lowest BCUT2D eigenvalue weighted by Crippen LogP contribution is -2.35. The van der Waals surface area contributed by atoms with E-state index in [0.717, 1.165) is 23.3 Å². The van der Waals surface area contributed by atoms with Crippen molar-refractivity contribution in [2.24, 2.45) is 0 Å². The fraction of sp³-hybridized carbons (Fsp3) is 0.185. The normalized spacial score (nSPS) is 13.4. The summed E-state index contributed by atoms with van der Waals surface area (Å²) in [5, 5.41) is 1.21. The van der Waals surface area contributed by atoms with Gasteiger partial charge in [0.25, 0.3) is 5.91 Å². The number of imidazole rings is 1. The number of ether oxygens (including phenoxy) is 1. The lowest BCUT2D eigenvalue weighted by atomic mass is 10.0. The summed E-state index contributed by atoms with van der Waals surface area (Å²) in [7, 11) is 0. The molecule has 1 aliphatic heterocycles. The predicted octanol–water partition coefficient (Wildman–Crippen LogP) is 4.90. The van der Waals surface area contributed by atoms with E-state index >= 15 is 0 Å². The van der Waals surface area contributed by atoms with Crippen LogP contribution in [0.25, 0.3) is 16.6 Å². The molecule has 164 valence electrons. The van der Waals surface area contributed by atoms with E-state index in [1.54, 1.807) is 0 Å². The van der Waals surface area contributed by atoms with Crippen LogP contribution in [0.15, 0.2) is 73.1 Å². The van der Waals surface area contributed by atoms with Crippen molar-refractivity contribution in [3.05, 3.63) is 101 Å². The number of fused-ring (bicyclic) bond motifs is 4. The number of carbonyl (C=O) groups is 1. The number of pyridine rings is 1. The zero-order chi connectivity index (χ0) is 22.4. The molecule has 6 nitrogen and oxygen atoms in total. The van der Waals surface area contributed by atoms with Crippen LogP contribution in [0.2, 0.25) is 0 Å². The minimum absolute atomic E-state index is 0.0285. The third-order valence-corrected chi connectivity index (χ3v) is 6.30. The highest BCUT2D eigenvalue weighted by Gasteiger charge is 2.25. The number of hydrogen-bond donors (Lipinski definition) is 1. The minimum atomic E-state index is 0.0285. The lowest BCUT2D eigenvalue weighted by molar-refractivity contribution is 0.0734. The summed E-state index contributed by atoms with van der Waals surface area (Å²) >= 11 is 0. The van der Waals surface area contributed by atoms with Gasteiger partial charge in [-0.05, 0) is 49.4 Å². The van der Waals surface area contributed by atoms with Crippen LogP contribution in [0.4, 0.5) is 0 Å². The second kappa shape index (κ2) is 7.81. The molecule has 0 bridgehead atoms. The minimum Gasteiger partial charge on any atom is -0.487 e. The molecule has 3 aromatic heterocycles. The van der Waals surface area contributed by atoms with Crippen molar-refractivity contribution in [1.82, 2.24) is 19.3 Å². The topological polar surface area (TPSA) is 62.6 Å². The van der Waals surface area contributed by atoms with E-state index in [1.807, 2.05) is 64.2 Å². The molecular weight excluding hydrogens is 412 g/mol. The molecule has 0 spiro atoms. The third-order valence-electron chi connectivity index (χ3n) is 6.30. The molecule has 6 heteroatoms. The quantitative estimate of drug-likeness (QED) is 0.436. The molecule has 5 aromatic rings. The van der Waals surface area contributed by atoms with Gasteiger partial charge in [-0.3, -0.25) is 4.79 Å². The average Bonchev–Trinajstić information content (AvgIpc) is 3.43. The van der Waals surface area contributed by atoms with Crippen molar-refractivity contribution < 1.29 is 9.53 Å². The summed E-state index contributed by atoms with van der Waals surface area (Å²) in [4.78, 5) is 23.3. The van der Waals surface area contributed by atoms with Gasteiger partial charge in [0, 0.05) is 59.6 Å². The number of nitrogens with one attached hydrogen (secondary N) is 1. The maximum absolute atomic E-state index is 13.3. The second-order valence-corrected chi connectivity index (χ2v) is 8.62. The van der Waals surface area contributed by atoms with Crippen LogP contribution in [-0.2, 0) is 19.6 Å². The zero-order valence-electron chi connectivity index (χ0n) is 18.4. The molecule has 0 atom stereocenters. The Labute approximate surface area is 191 Å². The van der Waals surface area contributed by atoms with Gasteiger partial charge in [-0.2, -0.15) is 0 Å². The SMILES string of the molecule is Cc1ccc2[nH]c3c(c2c1)CN(C(=O)c1cccc(OCc2cn4ccccc4n2)c1)CC3. The Hall–Kier alpha value is -4.06. The molecule has 33 heavy (non-hydrogen) atoms.